The third-order valence-electron chi connectivity index (χ3n) is 3.67. The maximum Gasteiger partial charge on any atom is 0.262 e. The highest BCUT2D eigenvalue weighted by atomic mass is 32.2. The first-order valence-electron chi connectivity index (χ1n) is 8.05. The zero-order valence-corrected chi connectivity index (χ0v) is 15.5. The summed E-state index contributed by atoms with van der Waals surface area (Å²) in [5.41, 5.74) is 1.76. The molecule has 0 aliphatic carbocycles. The molecule has 0 radical (unpaired) electrons. The minimum absolute atomic E-state index is 0.0692. The van der Waals surface area contributed by atoms with Crippen molar-refractivity contribution in [3.63, 3.8) is 0 Å². The number of aryl methyl sites for hydroxylation is 1. The maximum atomic E-state index is 13.2. The Bertz CT molecular complexity index is 806. The van der Waals surface area contributed by atoms with Gasteiger partial charge in [-0.3, -0.25) is 4.72 Å². The minimum atomic E-state index is -3.75. The van der Waals surface area contributed by atoms with E-state index in [1.54, 1.807) is 19.1 Å². The SMILES string of the molecule is Cc1cc(F)ccc1S(=O)(=O)Nc1ccc(NCCCN(C)C)cc1. The summed E-state index contributed by atoms with van der Waals surface area (Å²) in [6.45, 7) is 3.42. The summed E-state index contributed by atoms with van der Waals surface area (Å²) in [7, 11) is 0.316. The lowest BCUT2D eigenvalue weighted by Crippen LogP contribution is -2.16. The van der Waals surface area contributed by atoms with Gasteiger partial charge in [0.2, 0.25) is 0 Å². The van der Waals surface area contributed by atoms with E-state index in [4.69, 9.17) is 0 Å². The normalized spacial score (nSPS) is 11.6. The van der Waals surface area contributed by atoms with Crippen molar-refractivity contribution < 1.29 is 12.8 Å². The van der Waals surface area contributed by atoms with E-state index in [-0.39, 0.29) is 4.90 Å². The Kier molecular flexibility index (Phi) is 6.39. The van der Waals surface area contributed by atoms with Crippen molar-refractivity contribution in [2.75, 3.05) is 37.2 Å². The summed E-state index contributed by atoms with van der Waals surface area (Å²) in [5, 5.41) is 3.29. The standard InChI is InChI=1S/C18H24FN3O2S/c1-14-13-15(19)5-10-18(14)25(23,24)21-17-8-6-16(7-9-17)20-11-4-12-22(2)3/h5-10,13,20-21H,4,11-12H2,1-3H3. The van der Waals surface area contributed by atoms with Crippen LogP contribution in [-0.4, -0.2) is 40.5 Å². The van der Waals surface area contributed by atoms with Crippen molar-refractivity contribution in [3.05, 3.63) is 53.8 Å². The molecule has 25 heavy (non-hydrogen) atoms. The van der Waals surface area contributed by atoms with Crippen molar-refractivity contribution in [2.45, 2.75) is 18.2 Å². The van der Waals surface area contributed by atoms with E-state index >= 15 is 0 Å². The molecule has 2 N–H and O–H groups in total. The summed E-state index contributed by atoms with van der Waals surface area (Å²) in [4.78, 5) is 2.19. The number of anilines is 2. The highest BCUT2D eigenvalue weighted by molar-refractivity contribution is 7.92. The van der Waals surface area contributed by atoms with Gasteiger partial charge in [0.25, 0.3) is 10.0 Å². The first-order valence-corrected chi connectivity index (χ1v) is 9.54. The zero-order valence-electron chi connectivity index (χ0n) is 14.7. The molecule has 0 aromatic heterocycles. The summed E-state index contributed by atoms with van der Waals surface area (Å²) >= 11 is 0. The number of hydrogen-bond acceptors (Lipinski definition) is 4. The molecule has 0 saturated heterocycles. The van der Waals surface area contributed by atoms with Gasteiger partial charge in [-0.2, -0.15) is 0 Å². The second-order valence-corrected chi connectivity index (χ2v) is 7.83. The van der Waals surface area contributed by atoms with Crippen LogP contribution < -0.4 is 10.0 Å². The molecule has 0 spiro atoms. The second-order valence-electron chi connectivity index (χ2n) is 6.18. The summed E-state index contributed by atoms with van der Waals surface area (Å²) in [6, 6.07) is 10.7. The Balaban J connectivity index is 2.00. The number of sulfonamides is 1. The fourth-order valence-corrected chi connectivity index (χ4v) is 3.69. The Hall–Kier alpha value is -2.12. The van der Waals surface area contributed by atoms with E-state index < -0.39 is 15.8 Å². The van der Waals surface area contributed by atoms with Gasteiger partial charge in [-0.1, -0.05) is 0 Å². The van der Waals surface area contributed by atoms with Gasteiger partial charge in [0, 0.05) is 17.9 Å². The van der Waals surface area contributed by atoms with Crippen LogP contribution in [0.1, 0.15) is 12.0 Å². The van der Waals surface area contributed by atoms with Crippen LogP contribution in [-0.2, 0) is 10.0 Å². The predicted molar refractivity (Wildman–Crippen MR) is 100 cm³/mol. The fourth-order valence-electron chi connectivity index (χ4n) is 2.41. The van der Waals surface area contributed by atoms with E-state index in [1.165, 1.54) is 12.1 Å². The molecule has 0 atom stereocenters. The van der Waals surface area contributed by atoms with Gasteiger partial charge in [0.05, 0.1) is 4.90 Å². The lowest BCUT2D eigenvalue weighted by atomic mass is 10.2. The molecule has 5 nitrogen and oxygen atoms in total. The molecule has 0 bridgehead atoms. The van der Waals surface area contributed by atoms with Gasteiger partial charge < -0.3 is 10.2 Å². The lowest BCUT2D eigenvalue weighted by molar-refractivity contribution is 0.405. The third-order valence-corrected chi connectivity index (χ3v) is 5.22. The van der Waals surface area contributed by atoms with Crippen molar-refractivity contribution in [1.29, 1.82) is 0 Å². The Morgan fingerprint density at radius 1 is 1.04 bits per heavy atom. The fraction of sp³-hybridized carbons (Fsp3) is 0.333. The van der Waals surface area contributed by atoms with Crippen LogP contribution in [0, 0.1) is 12.7 Å². The van der Waals surface area contributed by atoms with Gasteiger partial charge >= 0.3 is 0 Å². The summed E-state index contributed by atoms with van der Waals surface area (Å²) in [6.07, 6.45) is 1.02. The molecular weight excluding hydrogens is 341 g/mol. The number of nitrogens with zero attached hydrogens (tertiary/aromatic N) is 1. The molecule has 136 valence electrons. The van der Waals surface area contributed by atoms with Crippen LogP contribution in [0.3, 0.4) is 0 Å². The first kappa shape index (κ1) is 19.2. The number of rotatable bonds is 8. The topological polar surface area (TPSA) is 61.4 Å². The molecule has 0 fully saturated rings. The molecule has 0 aliphatic heterocycles. The number of hydrogen-bond donors (Lipinski definition) is 2. The highest BCUT2D eigenvalue weighted by Crippen LogP contribution is 2.21. The quantitative estimate of drug-likeness (QED) is 0.705. The smallest absolute Gasteiger partial charge is 0.262 e. The van der Waals surface area contributed by atoms with Crippen molar-refractivity contribution in [1.82, 2.24) is 4.90 Å². The summed E-state index contributed by atoms with van der Waals surface area (Å²) in [5.74, 6) is -0.457. The molecule has 2 aromatic rings. The zero-order chi connectivity index (χ0) is 18.4. The molecule has 0 amide bonds. The monoisotopic (exact) mass is 365 g/mol. The molecule has 0 saturated carbocycles. The highest BCUT2D eigenvalue weighted by Gasteiger charge is 2.17. The van der Waals surface area contributed by atoms with E-state index in [0.717, 1.165) is 31.3 Å². The van der Waals surface area contributed by atoms with E-state index in [1.807, 2.05) is 26.2 Å². The van der Waals surface area contributed by atoms with E-state index in [0.29, 0.717) is 11.3 Å². The number of nitrogens with one attached hydrogen (secondary N) is 2. The number of halogens is 1. The van der Waals surface area contributed by atoms with E-state index in [9.17, 15) is 12.8 Å². The van der Waals surface area contributed by atoms with Crippen LogP contribution in [0.25, 0.3) is 0 Å². The van der Waals surface area contributed by atoms with Crippen LogP contribution in [0.2, 0.25) is 0 Å². The molecular formula is C18H24FN3O2S. The molecule has 7 heteroatoms. The van der Waals surface area contributed by atoms with Crippen molar-refractivity contribution in [2.24, 2.45) is 0 Å². The average Bonchev–Trinajstić information content (AvgIpc) is 2.52. The van der Waals surface area contributed by atoms with Crippen molar-refractivity contribution >= 4 is 21.4 Å². The van der Waals surface area contributed by atoms with Crippen LogP contribution in [0.5, 0.6) is 0 Å². The van der Waals surface area contributed by atoms with E-state index in [2.05, 4.69) is 14.9 Å². The van der Waals surface area contributed by atoms with Crippen molar-refractivity contribution in [3.8, 4) is 0 Å². The number of benzene rings is 2. The molecule has 0 aliphatic rings. The Morgan fingerprint density at radius 3 is 2.28 bits per heavy atom. The van der Waals surface area contributed by atoms with Gasteiger partial charge in [-0.15, -0.1) is 0 Å². The van der Waals surface area contributed by atoms with Gasteiger partial charge in [0.15, 0.2) is 0 Å². The van der Waals surface area contributed by atoms with Crippen LogP contribution in [0.4, 0.5) is 15.8 Å². The first-order chi connectivity index (χ1) is 11.8. The second kappa shape index (κ2) is 8.31. The largest absolute Gasteiger partial charge is 0.385 e. The summed E-state index contributed by atoms with van der Waals surface area (Å²) < 4.78 is 40.6. The molecule has 0 unspecified atom stereocenters. The average molecular weight is 365 g/mol. The lowest BCUT2D eigenvalue weighted by Gasteiger charge is -2.12. The predicted octanol–water partition coefficient (Wildman–Crippen LogP) is 3.30. The van der Waals surface area contributed by atoms with Gasteiger partial charge in [-0.05, 0) is 82.0 Å². The Morgan fingerprint density at radius 2 is 1.68 bits per heavy atom. The minimum Gasteiger partial charge on any atom is -0.385 e. The maximum absolute atomic E-state index is 13.2. The Labute approximate surface area is 148 Å². The molecule has 2 aromatic carbocycles. The van der Waals surface area contributed by atoms with Gasteiger partial charge in [-0.25, -0.2) is 12.8 Å². The molecule has 2 rings (SSSR count). The molecule has 0 heterocycles. The van der Waals surface area contributed by atoms with Gasteiger partial charge in [0.1, 0.15) is 5.82 Å². The van der Waals surface area contributed by atoms with Crippen LogP contribution >= 0.6 is 0 Å². The van der Waals surface area contributed by atoms with Crippen LogP contribution in [0.15, 0.2) is 47.4 Å². The third kappa shape index (κ3) is 5.72.